The summed E-state index contributed by atoms with van der Waals surface area (Å²) in [5, 5.41) is 8.89. The van der Waals surface area contributed by atoms with Crippen LogP contribution in [0.25, 0.3) is 0 Å². The Morgan fingerprint density at radius 1 is 1.27 bits per heavy atom. The Kier molecular flexibility index (Phi) is 4.96. The number of carbonyl (C=O) groups excluding carboxylic acids is 1. The molecule has 0 fully saturated rings. The summed E-state index contributed by atoms with van der Waals surface area (Å²) in [6.07, 6.45) is 1.78. The van der Waals surface area contributed by atoms with Gasteiger partial charge in [-0.25, -0.2) is 8.42 Å². The van der Waals surface area contributed by atoms with E-state index >= 15 is 0 Å². The minimum atomic E-state index is -3.76. The Balaban J connectivity index is 2.02. The van der Waals surface area contributed by atoms with Crippen molar-refractivity contribution in [3.05, 3.63) is 53.6 Å². The first kappa shape index (κ1) is 18.0. The van der Waals surface area contributed by atoms with Crippen LogP contribution in [0.5, 0.6) is 5.75 Å². The van der Waals surface area contributed by atoms with Crippen LogP contribution < -0.4 is 9.04 Å². The van der Waals surface area contributed by atoms with E-state index in [1.807, 2.05) is 12.1 Å². The Morgan fingerprint density at radius 3 is 2.62 bits per heavy atom. The molecule has 6 nitrogen and oxygen atoms in total. The van der Waals surface area contributed by atoms with Gasteiger partial charge in [0.15, 0.2) is 0 Å². The van der Waals surface area contributed by atoms with Gasteiger partial charge in [-0.2, -0.15) is 5.26 Å². The number of hydrogen-bond donors (Lipinski definition) is 0. The van der Waals surface area contributed by atoms with Gasteiger partial charge >= 0.3 is 0 Å². The van der Waals surface area contributed by atoms with Gasteiger partial charge in [-0.3, -0.25) is 4.31 Å². The van der Waals surface area contributed by atoms with Gasteiger partial charge in [-0.05, 0) is 54.4 Å². The number of ether oxygens (including phenoxy) is 1. The monoisotopic (exact) mass is 370 g/mol. The molecule has 0 aromatic heterocycles. The zero-order valence-electron chi connectivity index (χ0n) is 14.3. The van der Waals surface area contributed by atoms with E-state index in [2.05, 4.69) is 0 Å². The number of fused-ring (bicyclic) bond motifs is 1. The van der Waals surface area contributed by atoms with Crippen molar-refractivity contribution >= 4 is 22.0 Å². The van der Waals surface area contributed by atoms with Crippen molar-refractivity contribution in [2.45, 2.75) is 23.7 Å². The molecule has 0 bridgehead atoms. The molecule has 1 atom stereocenters. The number of aldehydes is 1. The van der Waals surface area contributed by atoms with Crippen LogP contribution in [0, 0.1) is 11.3 Å². The fourth-order valence-electron chi connectivity index (χ4n) is 3.18. The Hall–Kier alpha value is -2.85. The van der Waals surface area contributed by atoms with Crippen LogP contribution in [0.1, 0.15) is 29.9 Å². The van der Waals surface area contributed by atoms with E-state index in [1.54, 1.807) is 19.2 Å². The van der Waals surface area contributed by atoms with E-state index in [0.717, 1.165) is 11.8 Å². The molecule has 0 spiro atoms. The van der Waals surface area contributed by atoms with E-state index < -0.39 is 10.0 Å². The Morgan fingerprint density at radius 2 is 2.00 bits per heavy atom. The van der Waals surface area contributed by atoms with Crippen LogP contribution in [-0.2, 0) is 14.8 Å². The van der Waals surface area contributed by atoms with Crippen LogP contribution in [0.4, 0.5) is 5.69 Å². The highest BCUT2D eigenvalue weighted by molar-refractivity contribution is 7.92. The van der Waals surface area contributed by atoms with Gasteiger partial charge in [0.1, 0.15) is 12.0 Å². The molecular weight excluding hydrogens is 352 g/mol. The highest BCUT2D eigenvalue weighted by Gasteiger charge is 2.36. The normalized spacial score (nSPS) is 16.0. The van der Waals surface area contributed by atoms with Crippen molar-refractivity contribution in [2.75, 3.05) is 18.0 Å². The van der Waals surface area contributed by atoms with Crippen LogP contribution in [0.15, 0.2) is 47.4 Å². The van der Waals surface area contributed by atoms with Gasteiger partial charge in [0.05, 0.1) is 29.3 Å². The lowest BCUT2D eigenvalue weighted by Crippen LogP contribution is -2.30. The lowest BCUT2D eigenvalue weighted by Gasteiger charge is -2.20. The summed E-state index contributed by atoms with van der Waals surface area (Å²) >= 11 is 0. The summed E-state index contributed by atoms with van der Waals surface area (Å²) in [4.78, 5) is 10.9. The molecule has 1 aliphatic rings. The molecule has 1 unspecified atom stereocenters. The molecule has 1 aliphatic heterocycles. The van der Waals surface area contributed by atoms with Gasteiger partial charge in [0.2, 0.25) is 0 Å². The Bertz CT molecular complexity index is 962. The standard InChI is InChI=1S/C19H18N2O4S/c1-25-16-6-9-19-18(11-16)15(3-2-10-22)13-21(19)26(23,24)17-7-4-14(12-20)5-8-17/h4-11,15H,2-3,13H2,1H3. The number of nitriles is 1. The number of anilines is 1. The second kappa shape index (κ2) is 7.18. The van der Waals surface area contributed by atoms with Gasteiger partial charge in [0, 0.05) is 18.9 Å². The van der Waals surface area contributed by atoms with E-state index in [1.165, 1.54) is 28.6 Å². The van der Waals surface area contributed by atoms with Gasteiger partial charge < -0.3 is 9.53 Å². The average Bonchev–Trinajstić information content (AvgIpc) is 3.04. The average molecular weight is 370 g/mol. The third-order valence-electron chi connectivity index (χ3n) is 4.53. The second-order valence-corrected chi connectivity index (χ2v) is 7.90. The van der Waals surface area contributed by atoms with E-state index in [9.17, 15) is 13.2 Å². The van der Waals surface area contributed by atoms with Crippen molar-refractivity contribution in [3.63, 3.8) is 0 Å². The summed E-state index contributed by atoms with van der Waals surface area (Å²) in [6.45, 7) is 0.276. The predicted octanol–water partition coefficient (Wildman–Crippen LogP) is 2.84. The number of sulfonamides is 1. The molecular formula is C19H18N2O4S. The van der Waals surface area contributed by atoms with Crippen LogP contribution in [0.2, 0.25) is 0 Å². The van der Waals surface area contributed by atoms with Gasteiger partial charge in [0.25, 0.3) is 10.0 Å². The van der Waals surface area contributed by atoms with E-state index in [0.29, 0.717) is 29.8 Å². The topological polar surface area (TPSA) is 87.5 Å². The molecule has 26 heavy (non-hydrogen) atoms. The van der Waals surface area contributed by atoms with Crippen LogP contribution in [-0.4, -0.2) is 28.4 Å². The third-order valence-corrected chi connectivity index (χ3v) is 6.33. The highest BCUT2D eigenvalue weighted by atomic mass is 32.2. The van der Waals surface area contributed by atoms with E-state index in [4.69, 9.17) is 10.00 Å². The number of hydrogen-bond acceptors (Lipinski definition) is 5. The third kappa shape index (κ3) is 3.16. The molecule has 7 heteroatoms. The molecule has 0 saturated carbocycles. The molecule has 1 heterocycles. The largest absolute Gasteiger partial charge is 0.497 e. The molecule has 0 aliphatic carbocycles. The molecule has 0 saturated heterocycles. The SMILES string of the molecule is COc1ccc2c(c1)C(CCC=O)CN2S(=O)(=O)c1ccc(C#N)cc1. The quantitative estimate of drug-likeness (QED) is 0.730. The van der Waals surface area contributed by atoms with Gasteiger partial charge in [-0.1, -0.05) is 0 Å². The van der Waals surface area contributed by atoms with Crippen molar-refractivity contribution in [3.8, 4) is 11.8 Å². The molecule has 0 amide bonds. The predicted molar refractivity (Wildman–Crippen MR) is 96.7 cm³/mol. The van der Waals surface area contributed by atoms with E-state index in [-0.39, 0.29) is 17.4 Å². The summed E-state index contributed by atoms with van der Waals surface area (Å²) in [5.74, 6) is 0.580. The fraction of sp³-hybridized carbons (Fsp3) is 0.263. The number of benzene rings is 2. The van der Waals surface area contributed by atoms with Crippen LogP contribution >= 0.6 is 0 Å². The van der Waals surface area contributed by atoms with Crippen molar-refractivity contribution in [1.29, 1.82) is 5.26 Å². The maximum Gasteiger partial charge on any atom is 0.264 e. The number of methoxy groups -OCH3 is 1. The number of rotatable bonds is 6. The van der Waals surface area contributed by atoms with Crippen molar-refractivity contribution in [1.82, 2.24) is 0 Å². The fourth-order valence-corrected chi connectivity index (χ4v) is 4.72. The highest BCUT2D eigenvalue weighted by Crippen LogP contribution is 2.43. The number of nitrogens with zero attached hydrogens (tertiary/aromatic N) is 2. The lowest BCUT2D eigenvalue weighted by atomic mass is 9.96. The Labute approximate surface area is 152 Å². The molecule has 3 rings (SSSR count). The molecule has 0 N–H and O–H groups in total. The van der Waals surface area contributed by atoms with Gasteiger partial charge in [-0.15, -0.1) is 0 Å². The molecule has 0 radical (unpaired) electrons. The van der Waals surface area contributed by atoms with Crippen LogP contribution in [0.3, 0.4) is 0 Å². The summed E-state index contributed by atoms with van der Waals surface area (Å²) in [5.41, 5.74) is 1.87. The first-order chi connectivity index (χ1) is 12.5. The van der Waals surface area contributed by atoms with Crippen molar-refractivity contribution in [2.24, 2.45) is 0 Å². The summed E-state index contributed by atoms with van der Waals surface area (Å²) < 4.78 is 32.9. The van der Waals surface area contributed by atoms with Crippen molar-refractivity contribution < 1.29 is 17.9 Å². The molecule has 2 aromatic carbocycles. The first-order valence-electron chi connectivity index (χ1n) is 8.15. The zero-order valence-corrected chi connectivity index (χ0v) is 15.1. The smallest absolute Gasteiger partial charge is 0.264 e. The lowest BCUT2D eigenvalue weighted by molar-refractivity contribution is -0.108. The molecule has 134 valence electrons. The maximum absolute atomic E-state index is 13.1. The first-order valence-corrected chi connectivity index (χ1v) is 9.59. The second-order valence-electron chi connectivity index (χ2n) is 6.04. The number of carbonyl (C=O) groups is 1. The minimum absolute atomic E-state index is 0.0709. The summed E-state index contributed by atoms with van der Waals surface area (Å²) in [6, 6.07) is 13.1. The molecule has 2 aromatic rings. The minimum Gasteiger partial charge on any atom is -0.497 e. The summed E-state index contributed by atoms with van der Waals surface area (Å²) in [7, 11) is -2.20. The zero-order chi connectivity index (χ0) is 18.7. The maximum atomic E-state index is 13.1.